The highest BCUT2D eigenvalue weighted by Gasteiger charge is 2.20. The maximum Gasteiger partial charge on any atom is 0.136 e. The Hall–Kier alpha value is -0.770. The van der Waals surface area contributed by atoms with E-state index in [1.54, 1.807) is 0 Å². The summed E-state index contributed by atoms with van der Waals surface area (Å²) in [7, 11) is 0. The second kappa shape index (κ2) is 4.18. The Morgan fingerprint density at radius 2 is 2.36 bits per heavy atom. The molecule has 1 rings (SSSR count). The molecule has 1 unspecified atom stereocenters. The minimum absolute atomic E-state index is 0.260. The highest BCUT2D eigenvalue weighted by atomic mass is 16.1. The van der Waals surface area contributed by atoms with Gasteiger partial charge in [-0.05, 0) is 19.8 Å². The summed E-state index contributed by atoms with van der Waals surface area (Å²) in [4.78, 5) is 11.2. The summed E-state index contributed by atoms with van der Waals surface area (Å²) in [6.45, 7) is 1.83. The van der Waals surface area contributed by atoms with Gasteiger partial charge < -0.3 is 0 Å². The van der Waals surface area contributed by atoms with Crippen LogP contribution in [-0.2, 0) is 4.79 Å². The van der Waals surface area contributed by atoms with Crippen molar-refractivity contribution >= 4 is 5.78 Å². The van der Waals surface area contributed by atoms with E-state index in [9.17, 15) is 4.79 Å². The molecule has 1 heteroatoms. The number of hydrogen-bond acceptors (Lipinski definition) is 1. The first-order valence-electron chi connectivity index (χ1n) is 4.27. The van der Waals surface area contributed by atoms with Gasteiger partial charge in [0.1, 0.15) is 5.78 Å². The molecular weight excluding hydrogens is 136 g/mol. The third-order valence-electron chi connectivity index (χ3n) is 2.21. The molecule has 0 amide bonds. The quantitative estimate of drug-likeness (QED) is 0.523. The predicted molar refractivity (Wildman–Crippen MR) is 45.0 cm³/mol. The molecule has 0 N–H and O–H groups in total. The molecule has 0 radical (unpaired) electrons. The Labute approximate surface area is 68.2 Å². The molecule has 0 aromatic rings. The number of carbonyl (C=O) groups excluding carboxylic acids is 1. The van der Waals surface area contributed by atoms with Gasteiger partial charge in [0.05, 0.1) is 0 Å². The minimum atomic E-state index is 0.260. The molecule has 0 saturated heterocycles. The summed E-state index contributed by atoms with van der Waals surface area (Å²) in [5, 5.41) is 0. The van der Waals surface area contributed by atoms with Crippen LogP contribution in [0.4, 0.5) is 0 Å². The molecule has 0 aromatic carbocycles. The number of hydrogen-bond donors (Lipinski definition) is 0. The Morgan fingerprint density at radius 1 is 1.55 bits per heavy atom. The van der Waals surface area contributed by atoms with Crippen LogP contribution in [0, 0.1) is 17.8 Å². The summed E-state index contributed by atoms with van der Waals surface area (Å²) in [5.41, 5.74) is 0. The van der Waals surface area contributed by atoms with Gasteiger partial charge in [0.2, 0.25) is 0 Å². The van der Waals surface area contributed by atoms with Crippen LogP contribution >= 0.6 is 0 Å². The average molecular weight is 150 g/mol. The molecule has 11 heavy (non-hydrogen) atoms. The first-order chi connectivity index (χ1) is 5.34. The average Bonchev–Trinajstić information content (AvgIpc) is 2.03. The fourth-order valence-corrected chi connectivity index (χ4v) is 1.50. The standard InChI is InChI=1S/C10H14O/c1-2-3-6-9-7-4-5-8-10(9)11/h9H,4-8H2,1H3. The molecule has 1 saturated carbocycles. The lowest BCUT2D eigenvalue weighted by Crippen LogP contribution is -2.18. The van der Waals surface area contributed by atoms with Crippen molar-refractivity contribution in [2.75, 3.05) is 0 Å². The highest BCUT2D eigenvalue weighted by Crippen LogP contribution is 2.22. The number of ketones is 1. The van der Waals surface area contributed by atoms with Crippen molar-refractivity contribution in [2.24, 2.45) is 5.92 Å². The normalized spacial score (nSPS) is 24.1. The fourth-order valence-electron chi connectivity index (χ4n) is 1.50. The van der Waals surface area contributed by atoms with E-state index < -0.39 is 0 Å². The lowest BCUT2D eigenvalue weighted by Gasteiger charge is -2.17. The van der Waals surface area contributed by atoms with Crippen molar-refractivity contribution in [1.29, 1.82) is 0 Å². The molecule has 0 bridgehead atoms. The van der Waals surface area contributed by atoms with Crippen molar-refractivity contribution in [1.82, 2.24) is 0 Å². The summed E-state index contributed by atoms with van der Waals surface area (Å²) in [5.74, 6) is 6.50. The van der Waals surface area contributed by atoms with Gasteiger partial charge in [-0.1, -0.05) is 6.42 Å². The second-order valence-corrected chi connectivity index (χ2v) is 3.04. The van der Waals surface area contributed by atoms with Gasteiger partial charge in [0.15, 0.2) is 0 Å². The van der Waals surface area contributed by atoms with E-state index in [-0.39, 0.29) is 5.92 Å². The Bertz CT molecular complexity index is 195. The van der Waals surface area contributed by atoms with Crippen molar-refractivity contribution < 1.29 is 4.79 Å². The Morgan fingerprint density at radius 3 is 3.00 bits per heavy atom. The van der Waals surface area contributed by atoms with Crippen LogP contribution in [0.2, 0.25) is 0 Å². The molecule has 0 aliphatic heterocycles. The van der Waals surface area contributed by atoms with E-state index in [1.165, 1.54) is 6.42 Å². The van der Waals surface area contributed by atoms with Crippen LogP contribution in [0.25, 0.3) is 0 Å². The van der Waals surface area contributed by atoms with Gasteiger partial charge in [-0.25, -0.2) is 0 Å². The summed E-state index contributed by atoms with van der Waals surface area (Å²) in [6, 6.07) is 0. The van der Waals surface area contributed by atoms with Gasteiger partial charge in [0, 0.05) is 18.8 Å². The van der Waals surface area contributed by atoms with Crippen molar-refractivity contribution in [3.05, 3.63) is 0 Å². The third kappa shape index (κ3) is 2.38. The zero-order valence-electron chi connectivity index (χ0n) is 7.02. The van der Waals surface area contributed by atoms with Crippen molar-refractivity contribution in [2.45, 2.75) is 39.0 Å². The highest BCUT2D eigenvalue weighted by molar-refractivity contribution is 5.81. The van der Waals surface area contributed by atoms with E-state index >= 15 is 0 Å². The van der Waals surface area contributed by atoms with Gasteiger partial charge in [-0.3, -0.25) is 4.79 Å². The summed E-state index contributed by atoms with van der Waals surface area (Å²) < 4.78 is 0. The van der Waals surface area contributed by atoms with E-state index in [1.807, 2.05) is 6.92 Å². The van der Waals surface area contributed by atoms with Crippen molar-refractivity contribution in [3.8, 4) is 11.8 Å². The van der Waals surface area contributed by atoms with Gasteiger partial charge in [-0.2, -0.15) is 0 Å². The van der Waals surface area contributed by atoms with E-state index in [0.717, 1.165) is 25.7 Å². The lowest BCUT2D eigenvalue weighted by molar-refractivity contribution is -0.124. The van der Waals surface area contributed by atoms with Crippen LogP contribution in [-0.4, -0.2) is 5.78 Å². The Kier molecular flexibility index (Phi) is 3.16. The van der Waals surface area contributed by atoms with Crippen LogP contribution in [0.5, 0.6) is 0 Å². The lowest BCUT2D eigenvalue weighted by atomic mass is 9.86. The Balaban J connectivity index is 2.39. The predicted octanol–water partition coefficient (Wildman–Crippen LogP) is 2.16. The SMILES string of the molecule is CC#CCC1CCCCC1=O. The number of rotatable bonds is 1. The monoisotopic (exact) mass is 150 g/mol. The van der Waals surface area contributed by atoms with Gasteiger partial charge >= 0.3 is 0 Å². The zero-order chi connectivity index (χ0) is 8.10. The van der Waals surface area contributed by atoms with E-state index in [2.05, 4.69) is 11.8 Å². The molecule has 0 heterocycles. The zero-order valence-corrected chi connectivity index (χ0v) is 7.02. The topological polar surface area (TPSA) is 17.1 Å². The second-order valence-electron chi connectivity index (χ2n) is 3.04. The summed E-state index contributed by atoms with van der Waals surface area (Å²) >= 11 is 0. The van der Waals surface area contributed by atoms with Gasteiger partial charge in [0.25, 0.3) is 0 Å². The molecule has 1 fully saturated rings. The largest absolute Gasteiger partial charge is 0.299 e. The number of Topliss-reactive ketones (excluding diaryl/α,β-unsaturated/α-hetero) is 1. The van der Waals surface area contributed by atoms with Crippen LogP contribution in [0.1, 0.15) is 39.0 Å². The fraction of sp³-hybridized carbons (Fsp3) is 0.700. The van der Waals surface area contributed by atoms with E-state index in [4.69, 9.17) is 0 Å². The smallest absolute Gasteiger partial charge is 0.136 e. The molecule has 1 atom stereocenters. The first kappa shape index (κ1) is 8.33. The molecule has 60 valence electrons. The molecule has 1 aliphatic carbocycles. The van der Waals surface area contributed by atoms with Gasteiger partial charge in [-0.15, -0.1) is 11.8 Å². The maximum atomic E-state index is 11.2. The molecular formula is C10H14O. The minimum Gasteiger partial charge on any atom is -0.299 e. The molecule has 0 aromatic heterocycles. The summed E-state index contributed by atoms with van der Waals surface area (Å²) in [6.07, 6.45) is 4.94. The van der Waals surface area contributed by atoms with E-state index in [0.29, 0.717) is 5.78 Å². The third-order valence-corrected chi connectivity index (χ3v) is 2.21. The van der Waals surface area contributed by atoms with Crippen LogP contribution in [0.15, 0.2) is 0 Å². The van der Waals surface area contributed by atoms with Crippen LogP contribution < -0.4 is 0 Å². The van der Waals surface area contributed by atoms with Crippen molar-refractivity contribution in [3.63, 3.8) is 0 Å². The van der Waals surface area contributed by atoms with Crippen LogP contribution in [0.3, 0.4) is 0 Å². The molecule has 1 aliphatic rings. The number of carbonyl (C=O) groups is 1. The maximum absolute atomic E-state index is 11.2. The first-order valence-corrected chi connectivity index (χ1v) is 4.27. The molecule has 1 nitrogen and oxygen atoms in total. The molecule has 0 spiro atoms.